The van der Waals surface area contributed by atoms with Crippen LogP contribution >= 0.6 is 0 Å². The molecule has 0 radical (unpaired) electrons. The van der Waals surface area contributed by atoms with Gasteiger partial charge in [-0.05, 0) is 17.5 Å². The van der Waals surface area contributed by atoms with Crippen LogP contribution in [0, 0.1) is 5.92 Å². The van der Waals surface area contributed by atoms with E-state index >= 15 is 0 Å². The highest BCUT2D eigenvalue weighted by Gasteiger charge is 2.44. The van der Waals surface area contributed by atoms with Crippen LogP contribution in [0.3, 0.4) is 0 Å². The van der Waals surface area contributed by atoms with Gasteiger partial charge in [-0.25, -0.2) is 9.67 Å². The van der Waals surface area contributed by atoms with Gasteiger partial charge >= 0.3 is 0 Å². The SMILES string of the molecule is O=C(Cn1cncn1)N1CCC2NNC(C(c3ccccc3)c3ccccc3)C2C1. The highest BCUT2D eigenvalue weighted by Crippen LogP contribution is 2.37. The number of aromatic nitrogens is 3. The number of piperidine rings is 1. The lowest BCUT2D eigenvalue weighted by atomic mass is 9.76. The van der Waals surface area contributed by atoms with E-state index in [4.69, 9.17) is 0 Å². The number of nitrogens with zero attached hydrogens (tertiary/aromatic N) is 4. The molecule has 2 saturated heterocycles. The van der Waals surface area contributed by atoms with Crippen molar-refractivity contribution in [2.75, 3.05) is 13.1 Å². The molecule has 7 heteroatoms. The Morgan fingerprint density at radius 1 is 1.03 bits per heavy atom. The molecule has 2 N–H and O–H groups in total. The number of fused-ring (bicyclic) bond motifs is 1. The molecule has 1 aromatic heterocycles. The second-order valence-electron chi connectivity index (χ2n) is 8.11. The van der Waals surface area contributed by atoms with Crippen molar-refractivity contribution in [1.29, 1.82) is 0 Å². The highest BCUT2D eigenvalue weighted by molar-refractivity contribution is 5.76. The van der Waals surface area contributed by atoms with Gasteiger partial charge in [0.2, 0.25) is 5.91 Å². The van der Waals surface area contributed by atoms with E-state index in [1.807, 2.05) is 4.90 Å². The molecule has 3 aromatic rings. The van der Waals surface area contributed by atoms with Gasteiger partial charge in [-0.2, -0.15) is 5.10 Å². The predicted octanol–water partition coefficient (Wildman–Crippen LogP) is 1.80. The normalized spacial score (nSPS) is 23.5. The van der Waals surface area contributed by atoms with Crippen molar-refractivity contribution >= 4 is 5.91 Å². The smallest absolute Gasteiger partial charge is 0.244 e. The van der Waals surface area contributed by atoms with Crippen LogP contribution < -0.4 is 10.9 Å². The van der Waals surface area contributed by atoms with Crippen LogP contribution in [-0.4, -0.2) is 50.7 Å². The maximum atomic E-state index is 12.9. The molecular formula is C23H26N6O. The summed E-state index contributed by atoms with van der Waals surface area (Å²) in [5.74, 6) is 0.629. The molecule has 30 heavy (non-hydrogen) atoms. The number of rotatable bonds is 5. The van der Waals surface area contributed by atoms with E-state index in [1.54, 1.807) is 11.0 Å². The molecule has 2 fully saturated rings. The van der Waals surface area contributed by atoms with E-state index in [0.717, 1.165) is 19.5 Å². The third kappa shape index (κ3) is 3.74. The molecule has 2 aliphatic rings. The largest absolute Gasteiger partial charge is 0.341 e. The minimum atomic E-state index is 0.0978. The number of hydrogen-bond donors (Lipinski definition) is 2. The first-order valence-corrected chi connectivity index (χ1v) is 10.5. The quantitative estimate of drug-likeness (QED) is 0.681. The van der Waals surface area contributed by atoms with E-state index in [2.05, 4.69) is 81.6 Å². The number of hydrazine groups is 1. The Morgan fingerprint density at radius 2 is 1.73 bits per heavy atom. The third-order valence-corrected chi connectivity index (χ3v) is 6.35. The molecule has 3 heterocycles. The van der Waals surface area contributed by atoms with Crippen LogP contribution in [0.1, 0.15) is 23.5 Å². The van der Waals surface area contributed by atoms with Gasteiger partial charge in [-0.3, -0.25) is 15.6 Å². The van der Waals surface area contributed by atoms with E-state index in [1.165, 1.54) is 17.5 Å². The topological polar surface area (TPSA) is 75.1 Å². The monoisotopic (exact) mass is 402 g/mol. The molecule has 0 spiro atoms. The Bertz CT molecular complexity index is 922. The lowest BCUT2D eigenvalue weighted by molar-refractivity contribution is -0.134. The van der Waals surface area contributed by atoms with Gasteiger partial charge < -0.3 is 4.90 Å². The van der Waals surface area contributed by atoms with Gasteiger partial charge in [0.15, 0.2) is 0 Å². The van der Waals surface area contributed by atoms with E-state index in [0.29, 0.717) is 12.0 Å². The molecule has 3 atom stereocenters. The minimum Gasteiger partial charge on any atom is -0.341 e. The molecule has 2 aromatic carbocycles. The Balaban J connectivity index is 1.40. The summed E-state index contributed by atoms with van der Waals surface area (Å²) in [6.07, 6.45) is 3.99. The molecular weight excluding hydrogens is 376 g/mol. The van der Waals surface area contributed by atoms with Crippen LogP contribution in [0.25, 0.3) is 0 Å². The number of carbonyl (C=O) groups is 1. The number of amides is 1. The van der Waals surface area contributed by atoms with Crippen LogP contribution in [0.15, 0.2) is 73.3 Å². The van der Waals surface area contributed by atoms with Crippen molar-refractivity contribution in [3.8, 4) is 0 Å². The first-order valence-electron chi connectivity index (χ1n) is 10.5. The fourth-order valence-electron chi connectivity index (χ4n) is 4.87. The third-order valence-electron chi connectivity index (χ3n) is 6.35. The Hall–Kier alpha value is -3.03. The fraction of sp³-hybridized carbons (Fsp3) is 0.348. The zero-order valence-corrected chi connectivity index (χ0v) is 16.8. The van der Waals surface area contributed by atoms with Gasteiger partial charge in [0.1, 0.15) is 19.2 Å². The van der Waals surface area contributed by atoms with Crippen molar-refractivity contribution in [1.82, 2.24) is 30.5 Å². The van der Waals surface area contributed by atoms with Gasteiger partial charge in [-0.15, -0.1) is 0 Å². The van der Waals surface area contributed by atoms with Crippen molar-refractivity contribution in [2.45, 2.75) is 31.0 Å². The first-order chi connectivity index (χ1) is 14.8. The number of likely N-dealkylation sites (tertiary alicyclic amines) is 1. The van der Waals surface area contributed by atoms with Crippen molar-refractivity contribution in [3.63, 3.8) is 0 Å². The molecule has 154 valence electrons. The zero-order valence-electron chi connectivity index (χ0n) is 16.8. The van der Waals surface area contributed by atoms with Gasteiger partial charge in [0.05, 0.1) is 0 Å². The van der Waals surface area contributed by atoms with E-state index in [9.17, 15) is 4.79 Å². The number of nitrogens with one attached hydrogen (secondary N) is 2. The standard InChI is InChI=1S/C23H26N6O/c30-21(14-29-16-24-15-25-29)28-12-11-20-19(13-28)23(27-26-20)22(17-7-3-1-4-8-17)18-9-5-2-6-10-18/h1-10,15-16,19-20,22-23,26-27H,11-14H2. The summed E-state index contributed by atoms with van der Waals surface area (Å²) in [5, 5.41) is 4.07. The van der Waals surface area contributed by atoms with Crippen LogP contribution in [-0.2, 0) is 11.3 Å². The number of hydrogen-bond acceptors (Lipinski definition) is 5. The van der Waals surface area contributed by atoms with Crippen molar-refractivity contribution < 1.29 is 4.79 Å². The van der Waals surface area contributed by atoms with Gasteiger partial charge in [0.25, 0.3) is 0 Å². The van der Waals surface area contributed by atoms with Crippen LogP contribution in [0.2, 0.25) is 0 Å². The minimum absolute atomic E-state index is 0.0978. The first kappa shape index (κ1) is 19.0. The Labute approximate surface area is 176 Å². The molecule has 2 aliphatic heterocycles. The summed E-state index contributed by atoms with van der Waals surface area (Å²) in [6, 6.07) is 21.8. The summed E-state index contributed by atoms with van der Waals surface area (Å²) in [4.78, 5) is 18.8. The maximum absolute atomic E-state index is 12.9. The fourth-order valence-corrected chi connectivity index (χ4v) is 4.87. The Kier molecular flexibility index (Phi) is 5.29. The van der Waals surface area contributed by atoms with Gasteiger partial charge in [-0.1, -0.05) is 60.7 Å². The van der Waals surface area contributed by atoms with Crippen molar-refractivity contribution in [2.24, 2.45) is 5.92 Å². The second kappa shape index (κ2) is 8.38. The lowest BCUT2D eigenvalue weighted by Crippen LogP contribution is -2.50. The summed E-state index contributed by atoms with van der Waals surface area (Å²) in [6.45, 7) is 1.74. The molecule has 5 rings (SSSR count). The summed E-state index contributed by atoms with van der Waals surface area (Å²) >= 11 is 0. The lowest BCUT2D eigenvalue weighted by Gasteiger charge is -2.38. The van der Waals surface area contributed by atoms with Crippen LogP contribution in [0.4, 0.5) is 0 Å². The average Bonchev–Trinajstić information content (AvgIpc) is 3.45. The average molecular weight is 403 g/mol. The molecule has 3 unspecified atom stereocenters. The van der Waals surface area contributed by atoms with E-state index < -0.39 is 0 Å². The maximum Gasteiger partial charge on any atom is 0.244 e. The molecule has 1 amide bonds. The van der Waals surface area contributed by atoms with Crippen LogP contribution in [0.5, 0.6) is 0 Å². The molecule has 7 nitrogen and oxygen atoms in total. The summed E-state index contributed by atoms with van der Waals surface area (Å²) in [7, 11) is 0. The van der Waals surface area contributed by atoms with E-state index in [-0.39, 0.29) is 24.4 Å². The Morgan fingerprint density at radius 3 is 2.37 bits per heavy atom. The second-order valence-corrected chi connectivity index (χ2v) is 8.11. The molecule has 0 aliphatic carbocycles. The number of benzene rings is 2. The highest BCUT2D eigenvalue weighted by atomic mass is 16.2. The van der Waals surface area contributed by atoms with Crippen molar-refractivity contribution in [3.05, 3.63) is 84.4 Å². The summed E-state index contributed by atoms with van der Waals surface area (Å²) in [5.41, 5.74) is 9.68. The predicted molar refractivity (Wildman–Crippen MR) is 113 cm³/mol. The van der Waals surface area contributed by atoms with Gasteiger partial charge in [0, 0.05) is 37.0 Å². The molecule has 0 saturated carbocycles. The summed E-state index contributed by atoms with van der Waals surface area (Å²) < 4.78 is 1.59. The number of carbonyl (C=O) groups excluding carboxylic acids is 1. The zero-order chi connectivity index (χ0) is 20.3. The molecule has 0 bridgehead atoms.